The first-order valence-corrected chi connectivity index (χ1v) is 20.4. The van der Waals surface area contributed by atoms with Crippen LogP contribution in [0.25, 0.3) is 65.3 Å². The number of hydrogen-bond donors (Lipinski definition) is 0. The maximum Gasteiger partial charge on any atom is 0.194 e. The number of unbranched alkanes of at least 4 members (excludes halogenated alkanes) is 10. The molecule has 54 heavy (non-hydrogen) atoms. The molecule has 7 aromatic carbocycles. The van der Waals surface area contributed by atoms with Crippen LogP contribution in [0, 0.1) is 0 Å². The monoisotopic (exact) mass is 712 g/mol. The molecule has 272 valence electrons. The van der Waals surface area contributed by atoms with Crippen LogP contribution in [0.3, 0.4) is 0 Å². The van der Waals surface area contributed by atoms with Crippen LogP contribution >= 0.6 is 0 Å². The Kier molecular flexibility index (Phi) is 9.31. The standard InChI is InChI=1S/C50H48O4/c1-3-5-7-9-11-15-28-53-41-21-17-20-38-43(41)36-25-24-34-33-23-22-32-31-18-13-14-19-35(31)49(51)39-27-26-37(44(33)45(32)39)47-42(54-29-16-12-10-8-6-4-2)30-40(50(38)52)46(36)48(34)47/h13-14,17-27,30H,3-12,15-16,28-29H2,1-2H3. The fourth-order valence-electron chi connectivity index (χ4n) is 9.33. The highest BCUT2D eigenvalue weighted by atomic mass is 16.5. The molecule has 0 N–H and O–H groups in total. The van der Waals surface area contributed by atoms with E-state index in [1.54, 1.807) is 0 Å². The molecule has 4 nitrogen and oxygen atoms in total. The fraction of sp³-hybridized carbons (Fsp3) is 0.320. The van der Waals surface area contributed by atoms with E-state index in [0.717, 1.165) is 114 Å². The van der Waals surface area contributed by atoms with Gasteiger partial charge in [0.15, 0.2) is 11.6 Å². The first-order valence-electron chi connectivity index (χ1n) is 20.4. The molecule has 0 spiro atoms. The molecule has 0 aromatic heterocycles. The summed E-state index contributed by atoms with van der Waals surface area (Å²) in [5.41, 5.74) is 6.82. The van der Waals surface area contributed by atoms with Crippen LogP contribution in [0.5, 0.6) is 11.5 Å². The molecule has 0 radical (unpaired) electrons. The zero-order chi connectivity index (χ0) is 36.8. The summed E-state index contributed by atoms with van der Waals surface area (Å²) in [5, 5.41) is 8.31. The van der Waals surface area contributed by atoms with Crippen molar-refractivity contribution in [2.45, 2.75) is 90.9 Å². The summed E-state index contributed by atoms with van der Waals surface area (Å²) in [6.07, 6.45) is 14.2. The highest BCUT2D eigenvalue weighted by Crippen LogP contribution is 2.54. The Hall–Kier alpha value is -5.22. The van der Waals surface area contributed by atoms with Gasteiger partial charge in [0.1, 0.15) is 11.5 Å². The van der Waals surface area contributed by atoms with Gasteiger partial charge in [0.05, 0.1) is 13.2 Å². The molecule has 0 aliphatic heterocycles. The van der Waals surface area contributed by atoms with Crippen LogP contribution in [0.1, 0.15) is 123 Å². The molecule has 2 aliphatic carbocycles. The molecule has 0 saturated heterocycles. The maximum absolute atomic E-state index is 14.7. The Balaban J connectivity index is 1.23. The van der Waals surface area contributed by atoms with E-state index >= 15 is 0 Å². The molecule has 0 fully saturated rings. The largest absolute Gasteiger partial charge is 0.493 e. The van der Waals surface area contributed by atoms with Gasteiger partial charge in [0.25, 0.3) is 0 Å². The van der Waals surface area contributed by atoms with Crippen molar-refractivity contribution in [2.24, 2.45) is 0 Å². The summed E-state index contributed by atoms with van der Waals surface area (Å²) < 4.78 is 13.3. The highest BCUT2D eigenvalue weighted by Gasteiger charge is 2.33. The maximum atomic E-state index is 14.7. The minimum atomic E-state index is 0.00822. The van der Waals surface area contributed by atoms with Gasteiger partial charge in [-0.2, -0.15) is 0 Å². The molecule has 0 unspecified atom stereocenters. The van der Waals surface area contributed by atoms with Crippen LogP contribution in [-0.4, -0.2) is 24.8 Å². The molecule has 2 aliphatic rings. The summed E-state index contributed by atoms with van der Waals surface area (Å²) in [5.74, 6) is 1.58. The zero-order valence-corrected chi connectivity index (χ0v) is 31.6. The molecule has 0 amide bonds. The minimum absolute atomic E-state index is 0.00822. The van der Waals surface area contributed by atoms with E-state index in [-0.39, 0.29) is 11.6 Å². The lowest BCUT2D eigenvalue weighted by Crippen LogP contribution is -2.13. The van der Waals surface area contributed by atoms with Crippen LogP contribution in [0.15, 0.2) is 84.9 Å². The zero-order valence-electron chi connectivity index (χ0n) is 31.6. The normalized spacial score (nSPS) is 13.0. The molecule has 0 heterocycles. The highest BCUT2D eigenvalue weighted by molar-refractivity contribution is 6.42. The number of hydrogen-bond acceptors (Lipinski definition) is 4. The Bertz CT molecular complexity index is 2580. The number of carbonyl (C=O) groups excluding carboxylic acids is 2. The van der Waals surface area contributed by atoms with Crippen molar-refractivity contribution in [3.05, 3.63) is 107 Å². The van der Waals surface area contributed by atoms with E-state index in [4.69, 9.17) is 9.47 Å². The second-order valence-electron chi connectivity index (χ2n) is 15.4. The summed E-state index contributed by atoms with van der Waals surface area (Å²) in [6, 6.07) is 28.8. The third-order valence-electron chi connectivity index (χ3n) is 12.0. The van der Waals surface area contributed by atoms with Crippen molar-refractivity contribution in [3.8, 4) is 33.8 Å². The lowest BCUT2D eigenvalue weighted by atomic mass is 9.76. The summed E-state index contributed by atoms with van der Waals surface area (Å²) in [7, 11) is 0. The van der Waals surface area contributed by atoms with Crippen molar-refractivity contribution in [3.63, 3.8) is 0 Å². The molecule has 0 atom stereocenters. The first kappa shape index (κ1) is 34.5. The van der Waals surface area contributed by atoms with Gasteiger partial charge in [0.2, 0.25) is 0 Å². The topological polar surface area (TPSA) is 52.6 Å². The Morgan fingerprint density at radius 1 is 0.389 bits per heavy atom. The molecule has 0 saturated carbocycles. The van der Waals surface area contributed by atoms with E-state index in [2.05, 4.69) is 50.2 Å². The third kappa shape index (κ3) is 5.56. The van der Waals surface area contributed by atoms with Gasteiger partial charge in [0, 0.05) is 49.4 Å². The predicted molar refractivity (Wildman–Crippen MR) is 223 cm³/mol. The lowest BCUT2D eigenvalue weighted by Gasteiger charge is -2.27. The van der Waals surface area contributed by atoms with Gasteiger partial charge in [-0.05, 0) is 69.3 Å². The van der Waals surface area contributed by atoms with Crippen LogP contribution in [0.2, 0.25) is 0 Å². The Morgan fingerprint density at radius 3 is 1.69 bits per heavy atom. The van der Waals surface area contributed by atoms with Gasteiger partial charge in [-0.1, -0.05) is 145 Å². The number of ketones is 2. The molecular formula is C50H48O4. The van der Waals surface area contributed by atoms with Gasteiger partial charge >= 0.3 is 0 Å². The lowest BCUT2D eigenvalue weighted by molar-refractivity contribution is 0.103. The van der Waals surface area contributed by atoms with Crippen molar-refractivity contribution >= 4 is 54.7 Å². The third-order valence-corrected chi connectivity index (χ3v) is 12.0. The van der Waals surface area contributed by atoms with E-state index in [0.29, 0.717) is 24.3 Å². The van der Waals surface area contributed by atoms with Crippen molar-refractivity contribution < 1.29 is 19.1 Å². The van der Waals surface area contributed by atoms with E-state index in [1.807, 2.05) is 48.5 Å². The van der Waals surface area contributed by atoms with Gasteiger partial charge in [-0.25, -0.2) is 0 Å². The van der Waals surface area contributed by atoms with Crippen molar-refractivity contribution in [1.29, 1.82) is 0 Å². The summed E-state index contributed by atoms with van der Waals surface area (Å²) >= 11 is 0. The Morgan fingerprint density at radius 2 is 0.944 bits per heavy atom. The number of fused-ring (bicyclic) bond motifs is 6. The molecular weight excluding hydrogens is 665 g/mol. The van der Waals surface area contributed by atoms with Gasteiger partial charge in [-0.15, -0.1) is 0 Å². The predicted octanol–water partition coefficient (Wildman–Crippen LogP) is 13.6. The number of benzene rings is 7. The second kappa shape index (κ2) is 14.5. The average molecular weight is 713 g/mol. The molecule has 0 bridgehead atoms. The minimum Gasteiger partial charge on any atom is -0.493 e. The van der Waals surface area contributed by atoms with Crippen molar-refractivity contribution in [2.75, 3.05) is 13.2 Å². The fourth-order valence-corrected chi connectivity index (χ4v) is 9.33. The van der Waals surface area contributed by atoms with E-state index in [9.17, 15) is 9.59 Å². The summed E-state index contributed by atoms with van der Waals surface area (Å²) in [4.78, 5) is 28.7. The van der Waals surface area contributed by atoms with Crippen molar-refractivity contribution in [1.82, 2.24) is 0 Å². The number of carbonyl (C=O) groups is 2. The molecule has 4 heteroatoms. The number of ether oxygens (including phenoxy) is 2. The van der Waals surface area contributed by atoms with Crippen LogP contribution < -0.4 is 9.47 Å². The molecule has 9 rings (SSSR count). The quantitative estimate of drug-likeness (QED) is 0.0568. The smallest absolute Gasteiger partial charge is 0.194 e. The van der Waals surface area contributed by atoms with Crippen LogP contribution in [0.4, 0.5) is 0 Å². The average Bonchev–Trinajstić information content (AvgIpc) is 3.20. The second-order valence-corrected chi connectivity index (χ2v) is 15.4. The van der Waals surface area contributed by atoms with Crippen LogP contribution in [-0.2, 0) is 0 Å². The van der Waals surface area contributed by atoms with Gasteiger partial charge < -0.3 is 9.47 Å². The Labute approximate surface area is 317 Å². The van der Waals surface area contributed by atoms with Gasteiger partial charge in [-0.3, -0.25) is 9.59 Å². The first-order chi connectivity index (χ1) is 26.6. The molecule has 7 aromatic rings. The van der Waals surface area contributed by atoms with E-state index < -0.39 is 0 Å². The van der Waals surface area contributed by atoms with E-state index in [1.165, 1.54) is 51.4 Å². The SMILES string of the molecule is CCCCCCCCOc1cccc2c1-c1ccc3c4ccc5c6c(ccc(c7c(OCCCCCCCC)cc(c1c37)C2=O)c64)C(=O)c1ccccc1-5. The summed E-state index contributed by atoms with van der Waals surface area (Å²) in [6.45, 7) is 5.70. The number of rotatable bonds is 16.